The molecule has 7 aromatic rings. The Bertz CT molecular complexity index is 1800. The molecule has 0 amide bonds. The van der Waals surface area contributed by atoms with Crippen LogP contribution in [0.15, 0.2) is 195 Å². The molecule has 0 aliphatic rings. The van der Waals surface area contributed by atoms with Crippen LogP contribution in [0.2, 0.25) is 0 Å². The van der Waals surface area contributed by atoms with Crippen LogP contribution in [0, 0.1) is 0 Å². The van der Waals surface area contributed by atoms with Gasteiger partial charge in [-0.1, -0.05) is 224 Å². The number of rotatable bonds is 13. The van der Waals surface area contributed by atoms with Gasteiger partial charge in [0.15, 0.2) is 0 Å². The van der Waals surface area contributed by atoms with Crippen molar-refractivity contribution in [3.63, 3.8) is 0 Å². The molecule has 50 heavy (non-hydrogen) atoms. The van der Waals surface area contributed by atoms with Crippen molar-refractivity contribution in [2.24, 2.45) is 0 Å². The van der Waals surface area contributed by atoms with E-state index in [1.165, 1.54) is 70.4 Å². The summed E-state index contributed by atoms with van der Waals surface area (Å²) in [5, 5.41) is 1.26. The molecule has 0 radical (unpaired) electrons. The van der Waals surface area contributed by atoms with Crippen molar-refractivity contribution in [3.05, 3.63) is 211 Å². The predicted molar refractivity (Wildman–Crippen MR) is 218 cm³/mol. The second-order valence-electron chi connectivity index (χ2n) is 13.0. The fourth-order valence-corrected chi connectivity index (χ4v) is 9.37. The van der Waals surface area contributed by atoms with E-state index >= 15 is 0 Å². The molecular weight excluding hydrogens is 619 g/mol. The van der Waals surface area contributed by atoms with Crippen LogP contribution >= 0.6 is 0 Å². The number of imidazole rings is 1. The van der Waals surface area contributed by atoms with Gasteiger partial charge in [0, 0.05) is 12.4 Å². The highest BCUT2D eigenvalue weighted by Crippen LogP contribution is 2.33. The summed E-state index contributed by atoms with van der Waals surface area (Å²) < 4.78 is 2.32. The summed E-state index contributed by atoms with van der Waals surface area (Å²) in [7, 11) is -0.790. The third kappa shape index (κ3) is 8.69. The van der Waals surface area contributed by atoms with Crippen molar-refractivity contribution < 1.29 is 0 Å². The van der Waals surface area contributed by atoms with Crippen molar-refractivity contribution in [2.75, 3.05) is 0 Å². The molecule has 0 saturated carbocycles. The van der Waals surface area contributed by atoms with Gasteiger partial charge in [-0.15, -0.1) is 0 Å². The minimum absolute atomic E-state index is 0.207. The second-order valence-corrected chi connectivity index (χ2v) is 15.2. The Morgan fingerprint density at radius 2 is 1.00 bits per heavy atom. The number of aromatic nitrogens is 2. The maximum absolute atomic E-state index is 4.43. The van der Waals surface area contributed by atoms with E-state index in [4.69, 9.17) is 0 Å². The molecule has 0 atom stereocenters. The summed E-state index contributed by atoms with van der Waals surface area (Å²) >= 11 is 0. The van der Waals surface area contributed by atoms with Crippen LogP contribution in [0.25, 0.3) is 0 Å². The summed E-state index contributed by atoms with van der Waals surface area (Å²) in [5.74, 6) is 0. The molecule has 0 bridgehead atoms. The SMILES string of the molecule is CCCCCCc1ccc([SiH2]C(c2ccccc2)(c2ccccc2)n2ccnc2)cc1.c1ccc(B(c2ccccc2)c2ccccc2)cc1. The molecule has 0 spiro atoms. The number of nitrogens with zero attached hydrogens (tertiary/aromatic N) is 2. The van der Waals surface area contributed by atoms with Crippen LogP contribution < -0.4 is 21.6 Å². The molecule has 2 nitrogen and oxygen atoms in total. The Morgan fingerprint density at radius 1 is 0.540 bits per heavy atom. The van der Waals surface area contributed by atoms with E-state index in [-0.39, 0.29) is 5.16 Å². The quantitative estimate of drug-likeness (QED) is 0.0924. The number of benzene rings is 6. The molecule has 6 aromatic carbocycles. The minimum Gasteiger partial charge on any atom is -0.326 e. The molecule has 0 unspecified atom stereocenters. The third-order valence-electron chi connectivity index (χ3n) is 9.65. The van der Waals surface area contributed by atoms with Crippen molar-refractivity contribution in [1.82, 2.24) is 9.55 Å². The van der Waals surface area contributed by atoms with Crippen molar-refractivity contribution in [2.45, 2.75) is 44.2 Å². The standard InChI is InChI=1S/C28H32N2Si.C18H15B/c1-2-3-4-7-12-24-17-19-27(20-18-24)31-28(30-22-21-29-23-30,25-13-8-5-9-14-25)26-15-10-6-11-16-26;1-4-10-16(11-5-1)19(17-12-6-2-7-13-17)18-14-8-3-9-15-18/h5-6,8-11,13-23H,2-4,7,12,31H2,1H3;1-15H. The van der Waals surface area contributed by atoms with E-state index in [9.17, 15) is 0 Å². The molecule has 248 valence electrons. The molecule has 0 aliphatic heterocycles. The minimum atomic E-state index is -0.790. The maximum Gasteiger partial charge on any atom is 0.241 e. The van der Waals surface area contributed by atoms with E-state index in [1.54, 1.807) is 0 Å². The van der Waals surface area contributed by atoms with Crippen LogP contribution in [0.1, 0.15) is 49.3 Å². The normalized spacial score (nSPS) is 11.2. The smallest absolute Gasteiger partial charge is 0.241 e. The van der Waals surface area contributed by atoms with Crippen molar-refractivity contribution >= 4 is 37.8 Å². The average Bonchev–Trinajstić information content (AvgIpc) is 3.74. The highest BCUT2D eigenvalue weighted by atomic mass is 28.2. The molecule has 0 saturated heterocycles. The fourth-order valence-electron chi connectivity index (χ4n) is 7.06. The topological polar surface area (TPSA) is 17.8 Å². The lowest BCUT2D eigenvalue weighted by Gasteiger charge is -2.37. The highest BCUT2D eigenvalue weighted by molar-refractivity contribution is 6.95. The maximum atomic E-state index is 4.43. The molecular formula is C46H47BN2Si. The van der Waals surface area contributed by atoms with Gasteiger partial charge in [0.2, 0.25) is 6.71 Å². The summed E-state index contributed by atoms with van der Waals surface area (Å²) in [6.45, 7) is 2.58. The summed E-state index contributed by atoms with van der Waals surface area (Å²) in [4.78, 5) is 4.43. The van der Waals surface area contributed by atoms with Gasteiger partial charge in [-0.25, -0.2) is 4.98 Å². The van der Waals surface area contributed by atoms with Gasteiger partial charge in [0.25, 0.3) is 0 Å². The Balaban J connectivity index is 0.000000194. The van der Waals surface area contributed by atoms with Crippen LogP contribution in [-0.2, 0) is 11.6 Å². The van der Waals surface area contributed by atoms with Gasteiger partial charge in [-0.05, 0) is 29.5 Å². The predicted octanol–water partition coefficient (Wildman–Crippen LogP) is 7.45. The summed E-state index contributed by atoms with van der Waals surface area (Å²) in [5.41, 5.74) is 8.12. The molecule has 0 fully saturated rings. The van der Waals surface area contributed by atoms with E-state index in [0.29, 0.717) is 6.71 Å². The van der Waals surface area contributed by atoms with Gasteiger partial charge in [0.1, 0.15) is 0 Å². The van der Waals surface area contributed by atoms with Crippen LogP contribution in [0.3, 0.4) is 0 Å². The van der Waals surface area contributed by atoms with Crippen molar-refractivity contribution in [3.8, 4) is 0 Å². The van der Waals surface area contributed by atoms with Gasteiger partial charge < -0.3 is 4.57 Å². The Labute approximate surface area is 301 Å². The molecule has 1 aromatic heterocycles. The van der Waals surface area contributed by atoms with Gasteiger partial charge >= 0.3 is 0 Å². The zero-order chi connectivity index (χ0) is 34.3. The van der Waals surface area contributed by atoms with Gasteiger partial charge in [0.05, 0.1) is 21.0 Å². The van der Waals surface area contributed by atoms with E-state index in [1.807, 2.05) is 12.5 Å². The molecule has 0 N–H and O–H groups in total. The lowest BCUT2D eigenvalue weighted by Crippen LogP contribution is -2.51. The monoisotopic (exact) mass is 666 g/mol. The first kappa shape index (κ1) is 34.7. The Morgan fingerprint density at radius 3 is 1.42 bits per heavy atom. The number of unbranched alkanes of at least 4 members (excludes halogenated alkanes) is 3. The molecule has 7 rings (SSSR count). The summed E-state index contributed by atoms with van der Waals surface area (Å²) in [6.07, 6.45) is 12.4. The molecule has 4 heteroatoms. The second kappa shape index (κ2) is 18.0. The van der Waals surface area contributed by atoms with Crippen LogP contribution in [0.4, 0.5) is 0 Å². The number of hydrogen-bond acceptors (Lipinski definition) is 1. The Kier molecular flexibility index (Phi) is 12.5. The number of aryl methyl sites for hydroxylation is 1. The first-order valence-electron chi connectivity index (χ1n) is 18.1. The first-order valence-corrected chi connectivity index (χ1v) is 19.5. The third-order valence-corrected chi connectivity index (χ3v) is 12.2. The van der Waals surface area contributed by atoms with Crippen LogP contribution in [-0.4, -0.2) is 25.8 Å². The van der Waals surface area contributed by atoms with E-state index in [2.05, 4.69) is 199 Å². The van der Waals surface area contributed by atoms with Gasteiger partial charge in [-0.2, -0.15) is 0 Å². The average molecular weight is 667 g/mol. The van der Waals surface area contributed by atoms with E-state index < -0.39 is 9.52 Å². The first-order chi connectivity index (χ1) is 24.8. The van der Waals surface area contributed by atoms with Gasteiger partial charge in [-0.3, -0.25) is 0 Å². The lowest BCUT2D eigenvalue weighted by molar-refractivity contribution is 0.596. The molecule has 0 aliphatic carbocycles. The highest BCUT2D eigenvalue weighted by Gasteiger charge is 2.36. The zero-order valence-electron chi connectivity index (χ0n) is 29.2. The fraction of sp³-hybridized carbons (Fsp3) is 0.152. The van der Waals surface area contributed by atoms with Crippen LogP contribution in [0.5, 0.6) is 0 Å². The number of hydrogen-bond donors (Lipinski definition) is 0. The van der Waals surface area contributed by atoms with E-state index in [0.717, 1.165) is 0 Å². The summed E-state index contributed by atoms with van der Waals surface area (Å²) in [6, 6.07) is 63.3. The van der Waals surface area contributed by atoms with Crippen molar-refractivity contribution in [1.29, 1.82) is 0 Å². The Hall–Kier alpha value is -5.19. The molecule has 1 heterocycles. The zero-order valence-corrected chi connectivity index (χ0v) is 30.6. The largest absolute Gasteiger partial charge is 0.326 e. The lowest BCUT2D eigenvalue weighted by atomic mass is 9.37.